The van der Waals surface area contributed by atoms with Crippen LogP contribution in [-0.4, -0.2) is 65.1 Å². The second kappa shape index (κ2) is 11.9. The van der Waals surface area contributed by atoms with Gasteiger partial charge in [0.15, 0.2) is 0 Å². The van der Waals surface area contributed by atoms with Gasteiger partial charge in [-0.3, -0.25) is 9.98 Å². The number of nitrogens with zero attached hydrogens (tertiary/aromatic N) is 2. The quantitative estimate of drug-likeness (QED) is 0.141. The Morgan fingerprint density at radius 1 is 0.660 bits per heavy atom. The van der Waals surface area contributed by atoms with Gasteiger partial charge in [0.25, 0.3) is 0 Å². The van der Waals surface area contributed by atoms with Crippen molar-refractivity contribution in [1.29, 1.82) is 0 Å². The number of aliphatic imine (C=N–C) groups is 2. The molecule has 5 N–H and O–H groups in total. The molecular weight excluding hydrogens is 605 g/mol. The van der Waals surface area contributed by atoms with Crippen molar-refractivity contribution in [2.24, 2.45) is 20.8 Å². The van der Waals surface area contributed by atoms with Gasteiger partial charge in [-0.2, -0.15) is 13.2 Å². The highest BCUT2D eigenvalue weighted by Crippen LogP contribution is 2.30. The molecule has 7 rings (SSSR count). The molecule has 0 saturated heterocycles. The number of carboxylic acid groups (broad SMARTS) is 1. The number of benzene rings is 3. The monoisotopic (exact) mass is 642 g/mol. The van der Waals surface area contributed by atoms with Crippen molar-refractivity contribution in [3.05, 3.63) is 83.9 Å². The van der Waals surface area contributed by atoms with Crippen LogP contribution in [0.1, 0.15) is 38.8 Å². The molecule has 3 aromatic carbocycles. The summed E-state index contributed by atoms with van der Waals surface area (Å²) in [5, 5.41) is 16.5. The van der Waals surface area contributed by atoms with E-state index in [1.807, 2.05) is 0 Å². The molecule has 0 amide bonds. The van der Waals surface area contributed by atoms with E-state index in [1.54, 1.807) is 0 Å². The predicted octanol–water partition coefficient (Wildman–Crippen LogP) is 7.37. The Kier molecular flexibility index (Phi) is 8.11. The minimum atomic E-state index is -5.08. The average Bonchev–Trinajstić information content (AvgIpc) is 3.65. The van der Waals surface area contributed by atoms with Crippen molar-refractivity contribution in [3.8, 4) is 22.5 Å². The Morgan fingerprint density at radius 2 is 1.02 bits per heavy atom. The normalized spacial score (nSPS) is 17.2. The van der Waals surface area contributed by atoms with Crippen molar-refractivity contribution in [2.45, 2.75) is 33.9 Å². The van der Waals surface area contributed by atoms with Gasteiger partial charge in [0.1, 0.15) is 11.7 Å². The topological polar surface area (TPSA) is 118 Å². The lowest BCUT2D eigenvalue weighted by Gasteiger charge is -2.29. The fourth-order valence-corrected chi connectivity index (χ4v) is 5.53. The largest absolute Gasteiger partial charge is 0.490 e. The second-order valence-corrected chi connectivity index (χ2v) is 13.7. The van der Waals surface area contributed by atoms with Gasteiger partial charge in [0.2, 0.25) is 0 Å². The van der Waals surface area contributed by atoms with E-state index >= 15 is 0 Å². The smallest absolute Gasteiger partial charge is 0.475 e. The van der Waals surface area contributed by atoms with Crippen molar-refractivity contribution in [3.63, 3.8) is 0 Å². The summed E-state index contributed by atoms with van der Waals surface area (Å²) in [5.41, 5.74) is 9.47. The molecule has 11 heteroatoms. The van der Waals surface area contributed by atoms with Crippen LogP contribution in [0.2, 0.25) is 0 Å². The number of aromatic amines is 2. The number of H-pyrrole nitrogens is 2. The van der Waals surface area contributed by atoms with Gasteiger partial charge >= 0.3 is 12.1 Å². The van der Waals surface area contributed by atoms with E-state index in [0.717, 1.165) is 71.4 Å². The zero-order chi connectivity index (χ0) is 33.6. The molecule has 2 aliphatic heterocycles. The lowest BCUT2D eigenvalue weighted by atomic mass is 9.92. The van der Waals surface area contributed by atoms with Crippen LogP contribution in [0, 0.1) is 10.8 Å². The Bertz CT molecular complexity index is 1880. The standard InChI is InChI=1S/C34H36N6.C2HF3O2/c1-33(2)17-35-31(36-18-33)25-11-9-23-13-27(39-29(23)15-25)21-5-7-22(8-6-21)28-14-24-10-12-26(16-30(24)40-28)32-37-19-34(3,4)20-38-32;3-2(4,5)1(6)7/h5-16,39-40H,17-20H2,1-4H3,(H,35,36)(H,37,38);(H,6,7). The molecule has 8 nitrogen and oxygen atoms in total. The highest BCUT2D eigenvalue weighted by atomic mass is 19.4. The zero-order valence-electron chi connectivity index (χ0n) is 26.6. The van der Waals surface area contributed by atoms with Gasteiger partial charge in [-0.05, 0) is 35.4 Å². The van der Waals surface area contributed by atoms with Gasteiger partial charge in [-0.1, -0.05) is 76.2 Å². The maximum Gasteiger partial charge on any atom is 0.490 e. The first-order valence-electron chi connectivity index (χ1n) is 15.4. The average molecular weight is 643 g/mol. The minimum Gasteiger partial charge on any atom is -0.475 e. The van der Waals surface area contributed by atoms with Crippen molar-refractivity contribution < 1.29 is 23.1 Å². The second-order valence-electron chi connectivity index (χ2n) is 13.7. The zero-order valence-corrected chi connectivity index (χ0v) is 26.6. The molecule has 4 heterocycles. The van der Waals surface area contributed by atoms with E-state index < -0.39 is 12.1 Å². The van der Waals surface area contributed by atoms with Crippen molar-refractivity contribution >= 4 is 39.4 Å². The number of hydrogen-bond acceptors (Lipinski definition) is 5. The molecule has 0 aliphatic carbocycles. The highest BCUT2D eigenvalue weighted by molar-refractivity contribution is 6.03. The first-order valence-corrected chi connectivity index (χ1v) is 15.4. The fraction of sp³-hybridized carbons (Fsp3) is 0.306. The third-order valence-corrected chi connectivity index (χ3v) is 8.34. The fourth-order valence-electron chi connectivity index (χ4n) is 5.53. The first-order chi connectivity index (χ1) is 22.2. The van der Waals surface area contributed by atoms with Crippen LogP contribution in [0.15, 0.2) is 82.8 Å². The van der Waals surface area contributed by atoms with E-state index in [4.69, 9.17) is 19.9 Å². The van der Waals surface area contributed by atoms with Gasteiger partial charge < -0.3 is 25.7 Å². The van der Waals surface area contributed by atoms with Gasteiger partial charge in [-0.25, -0.2) is 4.79 Å². The SMILES string of the molecule is CC1(C)CN=C(c2ccc3cc(-c4ccc(-c5cc6ccc(C7=NCC(C)(C)CN7)cc6[nH]5)cc4)[nH]c3c2)NC1.O=C(O)C(F)(F)F. The van der Waals surface area contributed by atoms with E-state index in [-0.39, 0.29) is 10.8 Å². The molecule has 244 valence electrons. The number of alkyl halides is 3. The van der Waals surface area contributed by atoms with Gasteiger partial charge in [-0.15, -0.1) is 0 Å². The van der Waals surface area contributed by atoms with Crippen LogP contribution in [-0.2, 0) is 4.79 Å². The third kappa shape index (κ3) is 7.19. The number of carboxylic acids is 1. The van der Waals surface area contributed by atoms with Gasteiger partial charge in [0, 0.05) is 81.3 Å². The van der Waals surface area contributed by atoms with Crippen LogP contribution >= 0.6 is 0 Å². The molecule has 0 saturated carbocycles. The number of carbonyl (C=O) groups is 1. The molecule has 2 aromatic heterocycles. The van der Waals surface area contributed by atoms with Crippen molar-refractivity contribution in [1.82, 2.24) is 20.6 Å². The third-order valence-electron chi connectivity index (χ3n) is 8.34. The number of aliphatic carboxylic acids is 1. The summed E-state index contributed by atoms with van der Waals surface area (Å²) in [5.74, 6) is -0.786. The Morgan fingerprint density at radius 3 is 1.34 bits per heavy atom. The van der Waals surface area contributed by atoms with E-state index in [1.165, 1.54) is 21.9 Å². The lowest BCUT2D eigenvalue weighted by molar-refractivity contribution is -0.192. The first kappa shape index (κ1) is 31.9. The molecule has 0 fully saturated rings. The molecule has 0 unspecified atom stereocenters. The molecule has 5 aromatic rings. The van der Waals surface area contributed by atoms with Crippen molar-refractivity contribution in [2.75, 3.05) is 26.2 Å². The summed E-state index contributed by atoms with van der Waals surface area (Å²) in [7, 11) is 0. The molecular formula is C36H37F3N6O2. The van der Waals surface area contributed by atoms with Crippen LogP contribution in [0.3, 0.4) is 0 Å². The highest BCUT2D eigenvalue weighted by Gasteiger charge is 2.38. The molecule has 0 bridgehead atoms. The maximum absolute atomic E-state index is 10.6. The number of fused-ring (bicyclic) bond motifs is 2. The number of rotatable bonds is 4. The molecule has 2 aliphatic rings. The molecule has 0 spiro atoms. The maximum atomic E-state index is 10.6. The Balaban J connectivity index is 0.000000499. The number of hydrogen-bond donors (Lipinski definition) is 5. The Labute approximate surface area is 270 Å². The summed E-state index contributed by atoms with van der Waals surface area (Å²) in [6.07, 6.45) is -5.08. The van der Waals surface area contributed by atoms with E-state index in [0.29, 0.717) is 0 Å². The van der Waals surface area contributed by atoms with Crippen LogP contribution in [0.5, 0.6) is 0 Å². The molecule has 0 atom stereocenters. The summed E-state index contributed by atoms with van der Waals surface area (Å²) in [6.45, 7) is 12.5. The predicted molar refractivity (Wildman–Crippen MR) is 181 cm³/mol. The Hall–Kier alpha value is -5.06. The molecule has 47 heavy (non-hydrogen) atoms. The number of halogens is 3. The summed E-state index contributed by atoms with van der Waals surface area (Å²) >= 11 is 0. The molecule has 0 radical (unpaired) electrons. The number of aromatic nitrogens is 2. The minimum absolute atomic E-state index is 0.203. The van der Waals surface area contributed by atoms with Gasteiger partial charge in [0.05, 0.1) is 0 Å². The summed E-state index contributed by atoms with van der Waals surface area (Å²) in [6, 6.07) is 26.3. The van der Waals surface area contributed by atoms with Crippen LogP contribution in [0.25, 0.3) is 44.3 Å². The van der Waals surface area contributed by atoms with E-state index in [9.17, 15) is 13.2 Å². The lowest BCUT2D eigenvalue weighted by Crippen LogP contribution is -2.41. The summed E-state index contributed by atoms with van der Waals surface area (Å²) in [4.78, 5) is 25.7. The van der Waals surface area contributed by atoms with Crippen LogP contribution in [0.4, 0.5) is 13.2 Å². The van der Waals surface area contributed by atoms with Crippen LogP contribution < -0.4 is 10.6 Å². The number of amidine groups is 2. The van der Waals surface area contributed by atoms with E-state index in [2.05, 4.69) is 121 Å². The summed E-state index contributed by atoms with van der Waals surface area (Å²) < 4.78 is 31.7. The number of nitrogens with one attached hydrogen (secondary N) is 4.